The van der Waals surface area contributed by atoms with Crippen LogP contribution in [-0.2, 0) is 0 Å². The molecule has 7 nitrogen and oxygen atoms in total. The first-order valence-corrected chi connectivity index (χ1v) is 6.00. The summed E-state index contributed by atoms with van der Waals surface area (Å²) in [4.78, 5) is 38.6. The van der Waals surface area contributed by atoms with Gasteiger partial charge in [-0.2, -0.15) is 9.71 Å². The molecule has 0 spiro atoms. The zero-order valence-electron chi connectivity index (χ0n) is 11.2. The van der Waals surface area contributed by atoms with Crippen LogP contribution >= 0.6 is 0 Å². The maximum atomic E-state index is 11.8. The molecule has 0 aliphatic carbocycles. The van der Waals surface area contributed by atoms with Crippen molar-refractivity contribution in [3.8, 4) is 11.5 Å². The molecule has 1 aromatic rings. The predicted octanol–water partition coefficient (Wildman–Crippen LogP) is 0.260. The summed E-state index contributed by atoms with van der Waals surface area (Å²) in [5.74, 6) is 0.108. The van der Waals surface area contributed by atoms with Crippen LogP contribution < -0.4 is 16.1 Å². The number of benzene rings is 1. The molecule has 3 rings (SSSR count). The molecular weight excluding hydrogens is 260 g/mol. The molecule has 0 bridgehead atoms. The maximum Gasteiger partial charge on any atom is 0.350 e. The molecule has 0 aromatic heterocycles. The van der Waals surface area contributed by atoms with Crippen molar-refractivity contribution in [2.24, 2.45) is 0 Å². The Kier molecular flexibility index (Phi) is 2.56. The molecule has 1 aromatic carbocycles. The first kappa shape index (κ1) is 12.3. The highest BCUT2D eigenvalue weighted by Gasteiger charge is 2.19. The minimum atomic E-state index is -0.724. The highest BCUT2D eigenvalue weighted by atomic mass is 16.6. The van der Waals surface area contributed by atoms with Gasteiger partial charge in [-0.3, -0.25) is 9.78 Å². The third kappa shape index (κ3) is 1.67. The van der Waals surface area contributed by atoms with Crippen LogP contribution in [-0.4, -0.2) is 26.8 Å². The predicted molar refractivity (Wildman–Crippen MR) is 73.0 cm³/mol. The summed E-state index contributed by atoms with van der Waals surface area (Å²) < 4.78 is 1.35. The Hall–Kier alpha value is -2.70. The van der Waals surface area contributed by atoms with Crippen LogP contribution in [0.5, 0.6) is 0 Å². The van der Waals surface area contributed by atoms with Gasteiger partial charge < -0.3 is 4.84 Å². The molecule has 0 radical (unpaired) electrons. The second-order valence-corrected chi connectivity index (χ2v) is 4.56. The summed E-state index contributed by atoms with van der Waals surface area (Å²) in [6.45, 7) is 3.92. The fraction of sp³-hybridized carbons (Fsp3) is 0.231. The lowest BCUT2D eigenvalue weighted by Gasteiger charge is -2.15. The van der Waals surface area contributed by atoms with E-state index in [2.05, 4.69) is 15.0 Å². The van der Waals surface area contributed by atoms with E-state index >= 15 is 0 Å². The number of aromatic nitrogens is 4. The largest absolute Gasteiger partial charge is 0.415 e. The maximum absolute atomic E-state index is 11.8. The quantitative estimate of drug-likeness (QED) is 0.642. The molecule has 102 valence electrons. The van der Waals surface area contributed by atoms with Gasteiger partial charge in [0.25, 0.3) is 5.56 Å². The third-order valence-corrected chi connectivity index (χ3v) is 3.27. The fourth-order valence-corrected chi connectivity index (χ4v) is 2.13. The lowest BCUT2D eigenvalue weighted by Crippen LogP contribution is -2.30. The summed E-state index contributed by atoms with van der Waals surface area (Å²) in [5, 5.41) is 0. The number of rotatable bonds is 1. The highest BCUT2D eigenvalue weighted by Crippen LogP contribution is 2.22. The number of nitrogens with zero attached hydrogens (tertiary/aromatic N) is 3. The minimum absolute atomic E-state index is 0.0715. The number of fused-ring (bicyclic) bond motifs is 2. The molecule has 0 saturated carbocycles. The average Bonchev–Trinajstić information content (AvgIpc) is 2.39. The molecule has 2 aliphatic rings. The van der Waals surface area contributed by atoms with E-state index in [1.165, 1.54) is 11.8 Å². The zero-order chi connectivity index (χ0) is 14.4. The summed E-state index contributed by atoms with van der Waals surface area (Å²) in [6.07, 6.45) is 0. The van der Waals surface area contributed by atoms with Crippen molar-refractivity contribution < 1.29 is 4.84 Å². The summed E-state index contributed by atoms with van der Waals surface area (Å²) in [5.41, 5.74) is 2.13. The van der Waals surface area contributed by atoms with Crippen molar-refractivity contribution in [3.63, 3.8) is 0 Å². The topological polar surface area (TPSA) is 89.9 Å². The van der Waals surface area contributed by atoms with Gasteiger partial charge in [0.1, 0.15) is 12.6 Å². The number of aromatic amines is 1. The van der Waals surface area contributed by atoms with Gasteiger partial charge in [0.15, 0.2) is 5.69 Å². The highest BCUT2D eigenvalue weighted by molar-refractivity contribution is 5.80. The van der Waals surface area contributed by atoms with Gasteiger partial charge in [0.05, 0.1) is 5.52 Å². The van der Waals surface area contributed by atoms with E-state index in [0.717, 1.165) is 11.1 Å². The van der Waals surface area contributed by atoms with E-state index in [1.807, 2.05) is 26.0 Å². The van der Waals surface area contributed by atoms with Gasteiger partial charge in [-0.15, -0.1) is 0 Å². The standard InChI is InChI=1S/C13H12N4O3/c1-6-4-8-9(5-7(6)2)17(20-3)11-10(14-8)12(18)16-13(19)15-11/h4-5H,1-3H3,(H,16,18,19). The molecule has 0 atom stereocenters. The molecule has 2 heterocycles. The lowest BCUT2D eigenvalue weighted by atomic mass is 10.1. The molecule has 0 unspecified atom stereocenters. The van der Waals surface area contributed by atoms with Gasteiger partial charge >= 0.3 is 5.69 Å². The first-order chi connectivity index (χ1) is 9.51. The summed E-state index contributed by atoms with van der Waals surface area (Å²) in [7, 11) is 1.45. The second kappa shape index (κ2) is 4.16. The van der Waals surface area contributed by atoms with Crippen molar-refractivity contribution in [1.82, 2.24) is 19.7 Å². The van der Waals surface area contributed by atoms with E-state index in [9.17, 15) is 9.59 Å². The number of nitrogens with one attached hydrogen (secondary N) is 1. The molecule has 1 N–H and O–H groups in total. The fourth-order valence-electron chi connectivity index (χ4n) is 2.13. The van der Waals surface area contributed by atoms with E-state index < -0.39 is 11.2 Å². The molecule has 2 aliphatic heterocycles. The van der Waals surface area contributed by atoms with Crippen LogP contribution in [0.4, 0.5) is 0 Å². The van der Waals surface area contributed by atoms with E-state index in [0.29, 0.717) is 11.0 Å². The molecule has 7 heteroatoms. The first-order valence-electron chi connectivity index (χ1n) is 6.00. The molecule has 0 fully saturated rings. The van der Waals surface area contributed by atoms with Crippen LogP contribution in [0.2, 0.25) is 0 Å². The lowest BCUT2D eigenvalue weighted by molar-refractivity contribution is 0.178. The van der Waals surface area contributed by atoms with Crippen LogP contribution in [0.15, 0.2) is 21.7 Å². The SMILES string of the molecule is COn1c2nc(=O)[nH]c(=O)c-2nc2cc(C)c(C)cc21. The van der Waals surface area contributed by atoms with Crippen molar-refractivity contribution in [3.05, 3.63) is 44.1 Å². The van der Waals surface area contributed by atoms with Gasteiger partial charge in [-0.1, -0.05) is 0 Å². The Labute approximate surface area is 113 Å². The second-order valence-electron chi connectivity index (χ2n) is 4.56. The Balaban J connectivity index is 2.61. The summed E-state index contributed by atoms with van der Waals surface area (Å²) in [6, 6.07) is 3.75. The molecule has 0 saturated heterocycles. The average molecular weight is 272 g/mol. The number of H-pyrrole nitrogens is 1. The monoisotopic (exact) mass is 272 g/mol. The van der Waals surface area contributed by atoms with Gasteiger partial charge in [0.2, 0.25) is 5.82 Å². The minimum Gasteiger partial charge on any atom is -0.415 e. The van der Waals surface area contributed by atoms with Gasteiger partial charge in [-0.25, -0.2) is 9.78 Å². The van der Waals surface area contributed by atoms with Crippen molar-refractivity contribution >= 4 is 11.0 Å². The van der Waals surface area contributed by atoms with E-state index in [-0.39, 0.29) is 11.5 Å². The smallest absolute Gasteiger partial charge is 0.350 e. The Morgan fingerprint density at radius 3 is 2.55 bits per heavy atom. The number of hydrogen-bond acceptors (Lipinski definition) is 5. The van der Waals surface area contributed by atoms with Crippen molar-refractivity contribution in [1.29, 1.82) is 0 Å². The zero-order valence-corrected chi connectivity index (χ0v) is 11.2. The Morgan fingerprint density at radius 1 is 1.15 bits per heavy atom. The summed E-state index contributed by atoms with van der Waals surface area (Å²) >= 11 is 0. The number of hydrogen-bond donors (Lipinski definition) is 1. The normalized spacial score (nSPS) is 11.2. The third-order valence-electron chi connectivity index (χ3n) is 3.27. The van der Waals surface area contributed by atoms with E-state index in [4.69, 9.17) is 4.84 Å². The van der Waals surface area contributed by atoms with Crippen LogP contribution in [0.3, 0.4) is 0 Å². The Morgan fingerprint density at radius 2 is 1.85 bits per heavy atom. The van der Waals surface area contributed by atoms with Crippen molar-refractivity contribution in [2.45, 2.75) is 13.8 Å². The molecular formula is C13H12N4O3. The van der Waals surface area contributed by atoms with Gasteiger partial charge in [-0.05, 0) is 37.1 Å². The van der Waals surface area contributed by atoms with Crippen LogP contribution in [0.25, 0.3) is 22.6 Å². The molecule has 20 heavy (non-hydrogen) atoms. The Bertz CT molecular complexity index is 910. The number of aryl methyl sites for hydroxylation is 2. The van der Waals surface area contributed by atoms with Crippen molar-refractivity contribution in [2.75, 3.05) is 7.11 Å². The molecule has 0 amide bonds. The van der Waals surface area contributed by atoms with Crippen LogP contribution in [0.1, 0.15) is 11.1 Å². The van der Waals surface area contributed by atoms with E-state index in [1.54, 1.807) is 0 Å². The van der Waals surface area contributed by atoms with Gasteiger partial charge in [0, 0.05) is 0 Å². The van der Waals surface area contributed by atoms with Crippen LogP contribution in [0, 0.1) is 13.8 Å².